The molecule has 0 atom stereocenters. The van der Waals surface area contributed by atoms with Crippen molar-refractivity contribution in [2.75, 3.05) is 0 Å². The molecular formula is C14H17N3O2. The van der Waals surface area contributed by atoms with E-state index in [1.54, 1.807) is 18.2 Å². The van der Waals surface area contributed by atoms with Gasteiger partial charge in [-0.3, -0.25) is 0 Å². The van der Waals surface area contributed by atoms with Crippen LogP contribution in [0.15, 0.2) is 28.8 Å². The number of nitrogens with two attached hydrogens (primary N) is 1. The summed E-state index contributed by atoms with van der Waals surface area (Å²) in [6, 6.07) is 7.17. The fourth-order valence-electron chi connectivity index (χ4n) is 2.53. The van der Waals surface area contributed by atoms with Crippen molar-refractivity contribution < 1.29 is 9.63 Å². The summed E-state index contributed by atoms with van der Waals surface area (Å²) in [5.41, 5.74) is 6.66. The van der Waals surface area contributed by atoms with Gasteiger partial charge in [0.15, 0.2) is 0 Å². The SMILES string of the molecule is NC1CCC(c2nc(-c3cccc(O)c3)no2)CC1. The van der Waals surface area contributed by atoms with Crippen molar-refractivity contribution >= 4 is 0 Å². The highest BCUT2D eigenvalue weighted by molar-refractivity contribution is 5.56. The van der Waals surface area contributed by atoms with Gasteiger partial charge in [-0.2, -0.15) is 4.98 Å². The van der Waals surface area contributed by atoms with E-state index in [1.807, 2.05) is 6.07 Å². The Morgan fingerprint density at radius 2 is 2.00 bits per heavy atom. The third-order valence-corrected chi connectivity index (χ3v) is 3.67. The van der Waals surface area contributed by atoms with Gasteiger partial charge >= 0.3 is 0 Å². The summed E-state index contributed by atoms with van der Waals surface area (Å²) in [4.78, 5) is 4.44. The summed E-state index contributed by atoms with van der Waals surface area (Å²) in [7, 11) is 0. The molecule has 1 aromatic carbocycles. The number of hydrogen-bond donors (Lipinski definition) is 2. The summed E-state index contributed by atoms with van der Waals surface area (Å²) in [6.45, 7) is 0. The van der Waals surface area contributed by atoms with Crippen LogP contribution in [-0.2, 0) is 0 Å². The first-order valence-corrected chi connectivity index (χ1v) is 6.61. The zero-order chi connectivity index (χ0) is 13.2. The molecule has 0 amide bonds. The van der Waals surface area contributed by atoms with Gasteiger partial charge in [0.25, 0.3) is 0 Å². The molecule has 1 aliphatic rings. The largest absolute Gasteiger partial charge is 0.508 e. The van der Waals surface area contributed by atoms with E-state index in [0.29, 0.717) is 23.7 Å². The number of phenols is 1. The highest BCUT2D eigenvalue weighted by Gasteiger charge is 2.25. The Kier molecular flexibility index (Phi) is 3.21. The molecule has 3 N–H and O–H groups in total. The van der Waals surface area contributed by atoms with Gasteiger partial charge in [0.1, 0.15) is 5.75 Å². The first-order valence-electron chi connectivity index (χ1n) is 6.61. The van der Waals surface area contributed by atoms with Crippen LogP contribution >= 0.6 is 0 Å². The van der Waals surface area contributed by atoms with E-state index < -0.39 is 0 Å². The molecular weight excluding hydrogens is 242 g/mol. The highest BCUT2D eigenvalue weighted by Crippen LogP contribution is 2.32. The van der Waals surface area contributed by atoms with Crippen LogP contribution in [0.5, 0.6) is 5.75 Å². The average Bonchev–Trinajstić information content (AvgIpc) is 2.89. The van der Waals surface area contributed by atoms with Crippen molar-refractivity contribution in [1.82, 2.24) is 10.1 Å². The van der Waals surface area contributed by atoms with Crippen LogP contribution in [0.2, 0.25) is 0 Å². The van der Waals surface area contributed by atoms with Crippen LogP contribution in [0.4, 0.5) is 0 Å². The minimum absolute atomic E-state index is 0.201. The smallest absolute Gasteiger partial charge is 0.230 e. The van der Waals surface area contributed by atoms with E-state index in [0.717, 1.165) is 31.2 Å². The fourth-order valence-corrected chi connectivity index (χ4v) is 2.53. The Labute approximate surface area is 111 Å². The molecule has 1 aliphatic carbocycles. The lowest BCUT2D eigenvalue weighted by Crippen LogP contribution is -2.25. The second-order valence-corrected chi connectivity index (χ2v) is 5.12. The Bertz CT molecular complexity index is 559. The number of hydrogen-bond acceptors (Lipinski definition) is 5. The van der Waals surface area contributed by atoms with Gasteiger partial charge in [-0.1, -0.05) is 17.3 Å². The van der Waals surface area contributed by atoms with Gasteiger partial charge in [0, 0.05) is 17.5 Å². The van der Waals surface area contributed by atoms with Crippen molar-refractivity contribution in [2.24, 2.45) is 5.73 Å². The summed E-state index contributed by atoms with van der Waals surface area (Å²) in [5, 5.41) is 13.5. The number of aromatic hydroxyl groups is 1. The number of phenolic OH excluding ortho intramolecular Hbond substituents is 1. The van der Waals surface area contributed by atoms with Gasteiger partial charge in [0.2, 0.25) is 11.7 Å². The first kappa shape index (κ1) is 12.2. The lowest BCUT2D eigenvalue weighted by Gasteiger charge is -2.22. The van der Waals surface area contributed by atoms with Gasteiger partial charge in [-0.15, -0.1) is 0 Å². The molecule has 0 unspecified atom stereocenters. The summed E-state index contributed by atoms with van der Waals surface area (Å²) in [6.07, 6.45) is 4.02. The number of nitrogens with zero attached hydrogens (tertiary/aromatic N) is 2. The lowest BCUT2D eigenvalue weighted by atomic mass is 9.86. The van der Waals surface area contributed by atoms with E-state index in [2.05, 4.69) is 10.1 Å². The maximum Gasteiger partial charge on any atom is 0.230 e. The normalized spacial score (nSPS) is 23.4. The lowest BCUT2D eigenvalue weighted by molar-refractivity contribution is 0.301. The minimum atomic E-state index is 0.201. The van der Waals surface area contributed by atoms with E-state index in [-0.39, 0.29) is 5.75 Å². The van der Waals surface area contributed by atoms with Crippen molar-refractivity contribution in [2.45, 2.75) is 37.6 Å². The van der Waals surface area contributed by atoms with Gasteiger partial charge in [0.05, 0.1) is 0 Å². The summed E-state index contributed by atoms with van der Waals surface area (Å²) < 4.78 is 5.35. The molecule has 0 saturated heterocycles. The number of benzene rings is 1. The van der Waals surface area contributed by atoms with Crippen LogP contribution in [-0.4, -0.2) is 21.3 Å². The van der Waals surface area contributed by atoms with Crippen LogP contribution in [0, 0.1) is 0 Å². The maximum atomic E-state index is 9.46. The summed E-state index contributed by atoms with van der Waals surface area (Å²) >= 11 is 0. The third-order valence-electron chi connectivity index (χ3n) is 3.67. The standard InChI is InChI=1S/C14H17N3O2/c15-11-6-4-9(5-7-11)14-16-13(17-19-14)10-2-1-3-12(18)8-10/h1-3,8-9,11,18H,4-7,15H2. The Morgan fingerprint density at radius 1 is 1.21 bits per heavy atom. The molecule has 0 bridgehead atoms. The zero-order valence-corrected chi connectivity index (χ0v) is 10.6. The van der Waals surface area contributed by atoms with Crippen molar-refractivity contribution in [3.63, 3.8) is 0 Å². The molecule has 1 fully saturated rings. The van der Waals surface area contributed by atoms with Crippen molar-refractivity contribution in [3.8, 4) is 17.1 Å². The first-order chi connectivity index (χ1) is 9.22. The van der Waals surface area contributed by atoms with Crippen LogP contribution in [0.1, 0.15) is 37.5 Å². The molecule has 0 spiro atoms. The van der Waals surface area contributed by atoms with Crippen LogP contribution in [0.3, 0.4) is 0 Å². The second kappa shape index (κ2) is 5.01. The predicted molar refractivity (Wildman–Crippen MR) is 70.6 cm³/mol. The average molecular weight is 259 g/mol. The molecule has 0 radical (unpaired) electrons. The highest BCUT2D eigenvalue weighted by atomic mass is 16.5. The van der Waals surface area contributed by atoms with Crippen molar-refractivity contribution in [3.05, 3.63) is 30.2 Å². The fraction of sp³-hybridized carbons (Fsp3) is 0.429. The van der Waals surface area contributed by atoms with Gasteiger partial charge < -0.3 is 15.4 Å². The van der Waals surface area contributed by atoms with E-state index in [1.165, 1.54) is 0 Å². The molecule has 5 heteroatoms. The van der Waals surface area contributed by atoms with Crippen LogP contribution < -0.4 is 5.73 Å². The molecule has 1 saturated carbocycles. The topological polar surface area (TPSA) is 85.2 Å². The molecule has 1 aromatic heterocycles. The molecule has 2 aromatic rings. The molecule has 3 rings (SSSR count). The van der Waals surface area contributed by atoms with E-state index in [9.17, 15) is 5.11 Å². The zero-order valence-electron chi connectivity index (χ0n) is 10.6. The maximum absolute atomic E-state index is 9.46. The quantitative estimate of drug-likeness (QED) is 0.865. The summed E-state index contributed by atoms with van der Waals surface area (Å²) in [5.74, 6) is 1.73. The molecule has 1 heterocycles. The molecule has 19 heavy (non-hydrogen) atoms. The Hall–Kier alpha value is -1.88. The molecule has 100 valence electrons. The monoisotopic (exact) mass is 259 g/mol. The van der Waals surface area contributed by atoms with E-state index >= 15 is 0 Å². The van der Waals surface area contributed by atoms with Gasteiger partial charge in [-0.25, -0.2) is 0 Å². The Balaban J connectivity index is 1.80. The number of aromatic nitrogens is 2. The van der Waals surface area contributed by atoms with Crippen molar-refractivity contribution in [1.29, 1.82) is 0 Å². The molecule has 5 nitrogen and oxygen atoms in total. The van der Waals surface area contributed by atoms with Crippen LogP contribution in [0.25, 0.3) is 11.4 Å². The Morgan fingerprint density at radius 3 is 2.74 bits per heavy atom. The van der Waals surface area contributed by atoms with Gasteiger partial charge in [-0.05, 0) is 37.8 Å². The predicted octanol–water partition coefficient (Wildman–Crippen LogP) is 2.43. The minimum Gasteiger partial charge on any atom is -0.508 e. The third kappa shape index (κ3) is 2.61. The number of rotatable bonds is 2. The van der Waals surface area contributed by atoms with E-state index in [4.69, 9.17) is 10.3 Å². The second-order valence-electron chi connectivity index (χ2n) is 5.12. The molecule has 0 aliphatic heterocycles.